The van der Waals surface area contributed by atoms with Crippen LogP contribution in [0.5, 0.6) is 5.75 Å². The summed E-state index contributed by atoms with van der Waals surface area (Å²) >= 11 is 0. The van der Waals surface area contributed by atoms with E-state index >= 15 is 0 Å². The van der Waals surface area contributed by atoms with Crippen LogP contribution in [0.1, 0.15) is 12.8 Å². The van der Waals surface area contributed by atoms with E-state index in [0.29, 0.717) is 11.7 Å². The van der Waals surface area contributed by atoms with E-state index in [-0.39, 0.29) is 0 Å². The fourth-order valence-electron chi connectivity index (χ4n) is 2.22. The van der Waals surface area contributed by atoms with Crippen LogP contribution in [0.2, 0.25) is 0 Å². The van der Waals surface area contributed by atoms with Crippen LogP contribution in [-0.2, 0) is 0 Å². The van der Waals surface area contributed by atoms with E-state index < -0.39 is 0 Å². The number of rotatable bonds is 3. The maximum atomic E-state index is 6.04. The highest BCUT2D eigenvalue weighted by atomic mass is 16.5. The quantitative estimate of drug-likeness (QED) is 0.784. The molecule has 1 fully saturated rings. The van der Waals surface area contributed by atoms with Crippen molar-refractivity contribution in [3.8, 4) is 5.75 Å². The molecule has 1 aliphatic heterocycles. The SMILES string of the molecule is COc1cccc(NC2CCN(C)CC2)c1N. The second-order valence-corrected chi connectivity index (χ2v) is 4.64. The van der Waals surface area contributed by atoms with E-state index in [1.54, 1.807) is 7.11 Å². The van der Waals surface area contributed by atoms with Crippen LogP contribution < -0.4 is 15.8 Å². The minimum Gasteiger partial charge on any atom is -0.495 e. The molecule has 1 aromatic carbocycles. The Morgan fingerprint density at radius 1 is 1.35 bits per heavy atom. The molecular weight excluding hydrogens is 214 g/mol. The number of ether oxygens (including phenoxy) is 1. The molecule has 3 N–H and O–H groups in total. The number of hydrogen-bond acceptors (Lipinski definition) is 4. The topological polar surface area (TPSA) is 50.5 Å². The van der Waals surface area contributed by atoms with Gasteiger partial charge in [-0.05, 0) is 45.1 Å². The van der Waals surface area contributed by atoms with Crippen LogP contribution >= 0.6 is 0 Å². The molecule has 0 aliphatic carbocycles. The van der Waals surface area contributed by atoms with E-state index in [9.17, 15) is 0 Å². The summed E-state index contributed by atoms with van der Waals surface area (Å²) in [5, 5.41) is 3.51. The van der Waals surface area contributed by atoms with Crippen molar-refractivity contribution >= 4 is 11.4 Å². The zero-order valence-corrected chi connectivity index (χ0v) is 10.6. The van der Waals surface area contributed by atoms with Crippen LogP contribution in [-0.4, -0.2) is 38.2 Å². The summed E-state index contributed by atoms with van der Waals surface area (Å²) in [5.74, 6) is 0.739. The number of methoxy groups -OCH3 is 1. The zero-order valence-electron chi connectivity index (χ0n) is 10.6. The number of likely N-dealkylation sites (tertiary alicyclic amines) is 1. The molecule has 0 unspecified atom stereocenters. The number of benzene rings is 1. The van der Waals surface area contributed by atoms with Crippen molar-refractivity contribution in [2.24, 2.45) is 0 Å². The molecule has 0 amide bonds. The van der Waals surface area contributed by atoms with Crippen LogP contribution in [0, 0.1) is 0 Å². The number of piperidine rings is 1. The van der Waals surface area contributed by atoms with Gasteiger partial charge < -0.3 is 20.7 Å². The summed E-state index contributed by atoms with van der Waals surface area (Å²) in [4.78, 5) is 2.35. The summed E-state index contributed by atoms with van der Waals surface area (Å²) in [6.45, 7) is 2.28. The Hall–Kier alpha value is -1.42. The largest absolute Gasteiger partial charge is 0.495 e. The lowest BCUT2D eigenvalue weighted by molar-refractivity contribution is 0.264. The molecule has 0 atom stereocenters. The minimum absolute atomic E-state index is 0.514. The fourth-order valence-corrected chi connectivity index (χ4v) is 2.22. The molecule has 94 valence electrons. The number of nitrogens with one attached hydrogen (secondary N) is 1. The third-order valence-corrected chi connectivity index (χ3v) is 3.36. The summed E-state index contributed by atoms with van der Waals surface area (Å²) in [6.07, 6.45) is 2.32. The van der Waals surface area contributed by atoms with Crippen molar-refractivity contribution in [2.75, 3.05) is 38.3 Å². The van der Waals surface area contributed by atoms with Crippen molar-refractivity contribution in [1.82, 2.24) is 4.90 Å². The van der Waals surface area contributed by atoms with Gasteiger partial charge in [0.05, 0.1) is 18.5 Å². The van der Waals surface area contributed by atoms with Crippen molar-refractivity contribution in [1.29, 1.82) is 0 Å². The van der Waals surface area contributed by atoms with Crippen molar-refractivity contribution in [2.45, 2.75) is 18.9 Å². The molecule has 0 bridgehead atoms. The minimum atomic E-state index is 0.514. The predicted octanol–water partition coefficient (Wildman–Crippen LogP) is 1.78. The van der Waals surface area contributed by atoms with E-state index in [2.05, 4.69) is 17.3 Å². The molecule has 4 heteroatoms. The molecular formula is C13H21N3O. The van der Waals surface area contributed by atoms with Gasteiger partial charge in [-0.1, -0.05) is 6.07 Å². The Labute approximate surface area is 103 Å². The average molecular weight is 235 g/mol. The number of nitrogens with zero attached hydrogens (tertiary/aromatic N) is 1. The standard InChI is InChI=1S/C13H21N3O/c1-16-8-6-10(7-9-16)15-11-4-3-5-12(17-2)13(11)14/h3-5,10,15H,6-9,14H2,1-2H3. The van der Waals surface area contributed by atoms with E-state index in [4.69, 9.17) is 10.5 Å². The summed E-state index contributed by atoms with van der Waals surface area (Å²) in [5.41, 5.74) is 7.73. The molecule has 1 aromatic rings. The lowest BCUT2D eigenvalue weighted by Crippen LogP contribution is -2.36. The summed E-state index contributed by atoms with van der Waals surface area (Å²) in [6, 6.07) is 6.37. The monoisotopic (exact) mass is 235 g/mol. The zero-order chi connectivity index (χ0) is 12.3. The van der Waals surface area contributed by atoms with Gasteiger partial charge in [0.2, 0.25) is 0 Å². The summed E-state index contributed by atoms with van der Waals surface area (Å²) in [7, 11) is 3.81. The molecule has 1 saturated heterocycles. The average Bonchev–Trinajstić information content (AvgIpc) is 2.35. The van der Waals surface area contributed by atoms with Crippen molar-refractivity contribution < 1.29 is 4.74 Å². The van der Waals surface area contributed by atoms with Gasteiger partial charge in [0.1, 0.15) is 5.75 Å². The van der Waals surface area contributed by atoms with Gasteiger partial charge >= 0.3 is 0 Å². The second kappa shape index (κ2) is 5.27. The number of anilines is 2. The van der Waals surface area contributed by atoms with Gasteiger partial charge in [-0.15, -0.1) is 0 Å². The van der Waals surface area contributed by atoms with Crippen LogP contribution in [0.15, 0.2) is 18.2 Å². The van der Waals surface area contributed by atoms with E-state index in [1.807, 2.05) is 18.2 Å². The van der Waals surface area contributed by atoms with Gasteiger partial charge in [-0.25, -0.2) is 0 Å². The third kappa shape index (κ3) is 2.82. The number of nitrogens with two attached hydrogens (primary N) is 1. The Bertz CT molecular complexity index is 373. The Balaban J connectivity index is 2.03. The van der Waals surface area contributed by atoms with Gasteiger partial charge in [-0.3, -0.25) is 0 Å². The van der Waals surface area contributed by atoms with Gasteiger partial charge in [0.15, 0.2) is 0 Å². The molecule has 2 rings (SSSR count). The normalized spacial score (nSPS) is 18.0. The van der Waals surface area contributed by atoms with Gasteiger partial charge in [0, 0.05) is 6.04 Å². The molecule has 4 nitrogen and oxygen atoms in total. The molecule has 0 aromatic heterocycles. The first-order valence-corrected chi connectivity index (χ1v) is 6.08. The van der Waals surface area contributed by atoms with Crippen molar-refractivity contribution in [3.63, 3.8) is 0 Å². The smallest absolute Gasteiger partial charge is 0.143 e. The highest BCUT2D eigenvalue weighted by Gasteiger charge is 2.17. The summed E-state index contributed by atoms with van der Waals surface area (Å²) < 4.78 is 5.22. The highest BCUT2D eigenvalue weighted by molar-refractivity contribution is 5.73. The maximum absolute atomic E-state index is 6.04. The predicted molar refractivity (Wildman–Crippen MR) is 71.5 cm³/mol. The van der Waals surface area contributed by atoms with Crippen LogP contribution in [0.3, 0.4) is 0 Å². The molecule has 1 aliphatic rings. The Morgan fingerprint density at radius 3 is 2.71 bits per heavy atom. The third-order valence-electron chi connectivity index (χ3n) is 3.36. The Morgan fingerprint density at radius 2 is 2.06 bits per heavy atom. The van der Waals surface area contributed by atoms with Crippen LogP contribution in [0.4, 0.5) is 11.4 Å². The maximum Gasteiger partial charge on any atom is 0.143 e. The first-order valence-electron chi connectivity index (χ1n) is 6.08. The highest BCUT2D eigenvalue weighted by Crippen LogP contribution is 2.30. The van der Waals surface area contributed by atoms with Gasteiger partial charge in [0.25, 0.3) is 0 Å². The lowest BCUT2D eigenvalue weighted by Gasteiger charge is -2.30. The molecule has 0 radical (unpaired) electrons. The first kappa shape index (κ1) is 12.0. The molecule has 0 spiro atoms. The number of hydrogen-bond donors (Lipinski definition) is 2. The Kier molecular flexibility index (Phi) is 3.74. The van der Waals surface area contributed by atoms with Crippen molar-refractivity contribution in [3.05, 3.63) is 18.2 Å². The number of para-hydroxylation sites is 1. The van der Waals surface area contributed by atoms with E-state index in [0.717, 1.165) is 37.4 Å². The fraction of sp³-hybridized carbons (Fsp3) is 0.538. The second-order valence-electron chi connectivity index (χ2n) is 4.64. The molecule has 1 heterocycles. The van der Waals surface area contributed by atoms with E-state index in [1.165, 1.54) is 0 Å². The number of nitrogen functional groups attached to an aromatic ring is 1. The van der Waals surface area contributed by atoms with Gasteiger partial charge in [-0.2, -0.15) is 0 Å². The molecule has 17 heavy (non-hydrogen) atoms. The first-order chi connectivity index (χ1) is 8.20. The lowest BCUT2D eigenvalue weighted by atomic mass is 10.0. The van der Waals surface area contributed by atoms with Crippen LogP contribution in [0.25, 0.3) is 0 Å². The molecule has 0 saturated carbocycles.